The van der Waals surface area contributed by atoms with Crippen molar-refractivity contribution in [2.24, 2.45) is 0 Å². The predicted molar refractivity (Wildman–Crippen MR) is 91.9 cm³/mol. The number of pyridine rings is 1. The van der Waals surface area contributed by atoms with E-state index >= 15 is 0 Å². The van der Waals surface area contributed by atoms with Crippen LogP contribution in [-0.4, -0.2) is 44.4 Å². The molecule has 4 N–H and O–H groups in total. The summed E-state index contributed by atoms with van der Waals surface area (Å²) in [5.74, 6) is 0. The van der Waals surface area contributed by atoms with E-state index in [9.17, 15) is 19.5 Å². The zero-order valence-corrected chi connectivity index (χ0v) is 14.0. The van der Waals surface area contributed by atoms with Crippen molar-refractivity contribution in [3.05, 3.63) is 57.1 Å². The number of amides is 2. The van der Waals surface area contributed by atoms with Gasteiger partial charge in [0.15, 0.2) is 0 Å². The Kier molecular flexibility index (Phi) is 5.14. The summed E-state index contributed by atoms with van der Waals surface area (Å²) >= 11 is 0. The number of urea groups is 1. The largest absolute Gasteiger partial charge is 0.390 e. The third kappa shape index (κ3) is 3.98. The van der Waals surface area contributed by atoms with E-state index < -0.39 is 35.7 Å². The van der Waals surface area contributed by atoms with Crippen molar-refractivity contribution >= 4 is 11.7 Å². The second-order valence-corrected chi connectivity index (χ2v) is 5.99. The maximum Gasteiger partial charge on any atom is 0.330 e. The minimum absolute atomic E-state index is 0.0564. The first-order valence-electron chi connectivity index (χ1n) is 8.04. The zero-order chi connectivity index (χ0) is 18.7. The fraction of sp³-hybridized carbons (Fsp3) is 0.375. The number of aromatic amines is 1. The maximum atomic E-state index is 11.9. The third-order valence-electron chi connectivity index (χ3n) is 4.04. The molecule has 138 valence electrons. The average molecular weight is 361 g/mol. The SMILES string of the molecule is Cc1cn([C@@H]2C[C@H](O)[C@@H](CNC(=O)Nc3cccnc3)O2)c(=O)[nH]c1=O. The number of aliphatic hydroxyl groups is 1. The highest BCUT2D eigenvalue weighted by molar-refractivity contribution is 5.88. The van der Waals surface area contributed by atoms with Crippen molar-refractivity contribution in [3.63, 3.8) is 0 Å². The third-order valence-corrected chi connectivity index (χ3v) is 4.04. The van der Waals surface area contributed by atoms with Crippen LogP contribution in [0.2, 0.25) is 0 Å². The van der Waals surface area contributed by atoms with Gasteiger partial charge in [-0.3, -0.25) is 19.3 Å². The standard InChI is InChI=1S/C16H19N5O5/c1-9-8-21(16(25)20-14(9)23)13-5-11(22)12(26-13)7-18-15(24)19-10-3-2-4-17-6-10/h2-4,6,8,11-13,22H,5,7H2,1H3,(H2,18,19,24)(H,20,23,25)/t11-,12+,13-/m0/s1. The van der Waals surface area contributed by atoms with Crippen LogP contribution < -0.4 is 21.9 Å². The highest BCUT2D eigenvalue weighted by Crippen LogP contribution is 2.27. The van der Waals surface area contributed by atoms with Crippen LogP contribution in [0.25, 0.3) is 0 Å². The number of aromatic nitrogens is 3. The van der Waals surface area contributed by atoms with E-state index in [1.54, 1.807) is 25.3 Å². The number of hydrogen-bond donors (Lipinski definition) is 4. The molecule has 1 aliphatic rings. The lowest BCUT2D eigenvalue weighted by molar-refractivity contribution is -0.0178. The fourth-order valence-corrected chi connectivity index (χ4v) is 2.67. The van der Waals surface area contributed by atoms with Gasteiger partial charge in [-0.15, -0.1) is 0 Å². The summed E-state index contributed by atoms with van der Waals surface area (Å²) in [4.78, 5) is 41.3. The topological polar surface area (TPSA) is 138 Å². The quantitative estimate of drug-likeness (QED) is 0.590. The van der Waals surface area contributed by atoms with E-state index in [0.29, 0.717) is 11.3 Å². The number of anilines is 1. The molecule has 0 aliphatic carbocycles. The van der Waals surface area contributed by atoms with Crippen LogP contribution in [-0.2, 0) is 4.74 Å². The molecule has 0 radical (unpaired) electrons. The summed E-state index contributed by atoms with van der Waals surface area (Å²) < 4.78 is 6.90. The number of H-pyrrole nitrogens is 1. The molecule has 0 saturated carbocycles. The summed E-state index contributed by atoms with van der Waals surface area (Å²) in [6, 6.07) is 2.91. The Balaban J connectivity index is 1.59. The lowest BCUT2D eigenvalue weighted by Gasteiger charge is -2.17. The molecule has 1 saturated heterocycles. The molecule has 10 nitrogen and oxygen atoms in total. The molecule has 0 aromatic carbocycles. The number of nitrogens with one attached hydrogen (secondary N) is 3. The van der Waals surface area contributed by atoms with Gasteiger partial charge in [-0.25, -0.2) is 9.59 Å². The highest BCUT2D eigenvalue weighted by Gasteiger charge is 2.35. The fourth-order valence-electron chi connectivity index (χ4n) is 2.67. The lowest BCUT2D eigenvalue weighted by Crippen LogP contribution is -2.39. The van der Waals surface area contributed by atoms with Gasteiger partial charge in [0, 0.05) is 30.9 Å². The second kappa shape index (κ2) is 7.50. The molecule has 26 heavy (non-hydrogen) atoms. The van der Waals surface area contributed by atoms with Crippen molar-refractivity contribution in [1.82, 2.24) is 19.9 Å². The normalized spacial score (nSPS) is 22.2. The minimum Gasteiger partial charge on any atom is -0.390 e. The molecule has 3 atom stereocenters. The van der Waals surface area contributed by atoms with Crippen molar-refractivity contribution < 1.29 is 14.6 Å². The molecule has 1 aliphatic heterocycles. The second-order valence-electron chi connectivity index (χ2n) is 5.99. The Bertz CT molecular complexity index is 894. The van der Waals surface area contributed by atoms with Crippen LogP contribution in [0.4, 0.5) is 10.5 Å². The molecule has 3 heterocycles. The van der Waals surface area contributed by atoms with Crippen LogP contribution in [0.3, 0.4) is 0 Å². The van der Waals surface area contributed by atoms with Crippen molar-refractivity contribution in [2.45, 2.75) is 31.8 Å². The Hall–Kier alpha value is -2.98. The molecular weight excluding hydrogens is 342 g/mol. The van der Waals surface area contributed by atoms with Gasteiger partial charge < -0.3 is 20.5 Å². The van der Waals surface area contributed by atoms with E-state index in [0.717, 1.165) is 0 Å². The first-order valence-corrected chi connectivity index (χ1v) is 8.04. The zero-order valence-electron chi connectivity index (χ0n) is 14.0. The van der Waals surface area contributed by atoms with Gasteiger partial charge in [-0.2, -0.15) is 0 Å². The summed E-state index contributed by atoms with van der Waals surface area (Å²) in [5, 5.41) is 15.3. The van der Waals surface area contributed by atoms with Gasteiger partial charge in [0.1, 0.15) is 12.3 Å². The van der Waals surface area contributed by atoms with Crippen LogP contribution >= 0.6 is 0 Å². The average Bonchev–Trinajstić information content (AvgIpc) is 2.98. The molecule has 0 bridgehead atoms. The van der Waals surface area contributed by atoms with Gasteiger partial charge in [-0.1, -0.05) is 0 Å². The number of carbonyl (C=O) groups excluding carboxylic acids is 1. The van der Waals surface area contributed by atoms with Crippen LogP contribution in [0.15, 0.2) is 40.3 Å². The van der Waals surface area contributed by atoms with Gasteiger partial charge >= 0.3 is 11.7 Å². The Morgan fingerprint density at radius 1 is 1.50 bits per heavy atom. The molecular formula is C16H19N5O5. The number of rotatable bonds is 4. The minimum atomic E-state index is -0.863. The Morgan fingerprint density at radius 3 is 3.04 bits per heavy atom. The van der Waals surface area contributed by atoms with E-state index in [1.165, 1.54) is 17.0 Å². The molecule has 1 fully saturated rings. The van der Waals surface area contributed by atoms with E-state index in [4.69, 9.17) is 4.74 Å². The van der Waals surface area contributed by atoms with Crippen LogP contribution in [0.5, 0.6) is 0 Å². The number of nitrogens with zero attached hydrogens (tertiary/aromatic N) is 2. The molecule has 3 rings (SSSR count). The number of hydrogen-bond acceptors (Lipinski definition) is 6. The summed E-state index contributed by atoms with van der Waals surface area (Å²) in [5.41, 5.74) is -0.179. The first-order chi connectivity index (χ1) is 12.4. The van der Waals surface area contributed by atoms with Gasteiger partial charge in [0.05, 0.1) is 18.0 Å². The highest BCUT2D eigenvalue weighted by atomic mass is 16.5. The van der Waals surface area contributed by atoms with Gasteiger partial charge in [-0.05, 0) is 19.1 Å². The predicted octanol–water partition coefficient (Wildman–Crippen LogP) is -0.290. The molecule has 2 aromatic heterocycles. The Morgan fingerprint density at radius 2 is 2.31 bits per heavy atom. The lowest BCUT2D eigenvalue weighted by atomic mass is 10.2. The smallest absolute Gasteiger partial charge is 0.330 e. The van der Waals surface area contributed by atoms with Crippen molar-refractivity contribution in [1.29, 1.82) is 0 Å². The molecule has 2 amide bonds. The van der Waals surface area contributed by atoms with E-state index in [1.807, 2.05) is 0 Å². The number of carbonyl (C=O) groups is 1. The number of aliphatic hydroxyl groups excluding tert-OH is 1. The molecule has 0 spiro atoms. The Labute approximate surface area is 147 Å². The summed E-state index contributed by atoms with van der Waals surface area (Å²) in [6.45, 7) is 1.63. The molecule has 2 aromatic rings. The summed E-state index contributed by atoms with van der Waals surface area (Å²) in [7, 11) is 0. The number of aryl methyl sites for hydroxylation is 1. The van der Waals surface area contributed by atoms with Crippen molar-refractivity contribution in [3.8, 4) is 0 Å². The maximum absolute atomic E-state index is 11.9. The molecule has 0 unspecified atom stereocenters. The summed E-state index contributed by atoms with van der Waals surface area (Å²) in [6.07, 6.45) is 2.39. The van der Waals surface area contributed by atoms with Crippen LogP contribution in [0.1, 0.15) is 18.2 Å². The number of ether oxygens (including phenoxy) is 1. The molecule has 10 heteroatoms. The van der Waals surface area contributed by atoms with Gasteiger partial charge in [0.2, 0.25) is 0 Å². The van der Waals surface area contributed by atoms with E-state index in [-0.39, 0.29) is 13.0 Å². The van der Waals surface area contributed by atoms with Crippen molar-refractivity contribution in [2.75, 3.05) is 11.9 Å². The van der Waals surface area contributed by atoms with Crippen LogP contribution in [0, 0.1) is 6.92 Å². The first kappa shape index (κ1) is 17.8. The monoisotopic (exact) mass is 361 g/mol. The van der Waals surface area contributed by atoms with Gasteiger partial charge in [0.25, 0.3) is 5.56 Å². The van der Waals surface area contributed by atoms with E-state index in [2.05, 4.69) is 20.6 Å².